The number of hydrogen-bond acceptors (Lipinski definition) is 4. The molecule has 2 aromatic carbocycles. The van der Waals surface area contributed by atoms with Crippen molar-refractivity contribution < 1.29 is 9.57 Å². The average molecular weight is 544 g/mol. The van der Waals surface area contributed by atoms with E-state index in [4.69, 9.17) is 14.8 Å². The van der Waals surface area contributed by atoms with Crippen molar-refractivity contribution >= 4 is 51.4 Å². The summed E-state index contributed by atoms with van der Waals surface area (Å²) in [5, 5.41) is 13.0. The van der Waals surface area contributed by atoms with Crippen LogP contribution in [0.3, 0.4) is 0 Å². The molecule has 0 aliphatic carbocycles. The van der Waals surface area contributed by atoms with Gasteiger partial charge in [-0.2, -0.15) is 5.26 Å². The lowest BCUT2D eigenvalue weighted by molar-refractivity contribution is 0.132. The summed E-state index contributed by atoms with van der Waals surface area (Å²) in [4.78, 5) is 5.31. The van der Waals surface area contributed by atoms with E-state index >= 15 is 0 Å². The molecule has 2 aromatic rings. The van der Waals surface area contributed by atoms with E-state index in [2.05, 4.69) is 63.0 Å². The van der Waals surface area contributed by atoms with Gasteiger partial charge in [-0.3, -0.25) is 0 Å². The Balaban J connectivity index is 2.02. The number of nitrogens with zero attached hydrogens (tertiary/aromatic N) is 2. The number of hydrogen-bond donors (Lipinski definition) is 0. The Hall–Kier alpha value is -1.60. The van der Waals surface area contributed by atoms with Gasteiger partial charge in [-0.25, -0.2) is 0 Å². The van der Waals surface area contributed by atoms with Crippen molar-refractivity contribution in [2.45, 2.75) is 6.61 Å². The standard InChI is InChI=1S/C18H14I2N2O2/c1-2-7-23-18-16(19)8-13(9-17(18)20)11-22-24-12-15-6-4-3-5-14(15)10-21/h2-6,8-9,11H,1,7,12H2/b22-11-. The van der Waals surface area contributed by atoms with E-state index in [0.29, 0.717) is 12.2 Å². The summed E-state index contributed by atoms with van der Waals surface area (Å²) in [6.45, 7) is 4.38. The van der Waals surface area contributed by atoms with Gasteiger partial charge in [-0.1, -0.05) is 36.0 Å². The minimum atomic E-state index is 0.259. The molecule has 0 radical (unpaired) electrons. The summed E-state index contributed by atoms with van der Waals surface area (Å²) in [5.41, 5.74) is 2.33. The molecule has 0 fully saturated rings. The van der Waals surface area contributed by atoms with E-state index < -0.39 is 0 Å². The van der Waals surface area contributed by atoms with E-state index in [1.807, 2.05) is 30.3 Å². The lowest BCUT2D eigenvalue weighted by atomic mass is 10.1. The zero-order chi connectivity index (χ0) is 17.4. The van der Waals surface area contributed by atoms with Crippen LogP contribution in [0, 0.1) is 18.5 Å². The summed E-state index contributed by atoms with van der Waals surface area (Å²) >= 11 is 4.46. The molecule has 2 rings (SSSR count). The molecule has 0 atom stereocenters. The Bertz CT molecular complexity index is 775. The van der Waals surface area contributed by atoms with Gasteiger partial charge in [0.1, 0.15) is 19.0 Å². The Labute approximate surface area is 168 Å². The second kappa shape index (κ2) is 9.64. The van der Waals surface area contributed by atoms with Crippen LogP contribution in [0.4, 0.5) is 0 Å². The molecule has 0 bridgehead atoms. The van der Waals surface area contributed by atoms with E-state index in [9.17, 15) is 0 Å². The van der Waals surface area contributed by atoms with Crippen molar-refractivity contribution in [3.8, 4) is 11.8 Å². The Morgan fingerprint density at radius 1 is 1.21 bits per heavy atom. The molecular formula is C18H14I2N2O2. The second-order valence-corrected chi connectivity index (χ2v) is 7.01. The molecule has 0 saturated heterocycles. The minimum Gasteiger partial charge on any atom is -0.487 e. The van der Waals surface area contributed by atoms with Crippen molar-refractivity contribution in [2.75, 3.05) is 6.61 Å². The lowest BCUT2D eigenvalue weighted by Gasteiger charge is -2.09. The van der Waals surface area contributed by atoms with E-state index in [1.165, 1.54) is 0 Å². The summed E-state index contributed by atoms with van der Waals surface area (Å²) in [6.07, 6.45) is 3.37. The molecular weight excluding hydrogens is 530 g/mol. The van der Waals surface area contributed by atoms with Gasteiger partial charge in [0.05, 0.1) is 25.0 Å². The summed E-state index contributed by atoms with van der Waals surface area (Å²) in [6, 6.07) is 13.4. The van der Waals surface area contributed by atoms with Crippen LogP contribution < -0.4 is 4.74 Å². The smallest absolute Gasteiger partial charge is 0.146 e. The maximum atomic E-state index is 9.04. The fourth-order valence-corrected chi connectivity index (χ4v) is 4.02. The van der Waals surface area contributed by atoms with Gasteiger partial charge in [0.15, 0.2) is 0 Å². The SMILES string of the molecule is C=CCOc1c(I)cc(/C=N\OCc2ccccc2C#N)cc1I. The van der Waals surface area contributed by atoms with Crippen LogP contribution in [0.25, 0.3) is 0 Å². The Morgan fingerprint density at radius 3 is 2.58 bits per heavy atom. The van der Waals surface area contributed by atoms with Crippen molar-refractivity contribution in [1.29, 1.82) is 5.26 Å². The molecule has 122 valence electrons. The number of oxime groups is 1. The monoisotopic (exact) mass is 544 g/mol. The van der Waals surface area contributed by atoms with Gasteiger partial charge < -0.3 is 9.57 Å². The fraction of sp³-hybridized carbons (Fsp3) is 0.111. The predicted molar refractivity (Wildman–Crippen MR) is 111 cm³/mol. The molecule has 6 heteroatoms. The highest BCUT2D eigenvalue weighted by atomic mass is 127. The van der Waals surface area contributed by atoms with Crippen molar-refractivity contribution in [1.82, 2.24) is 0 Å². The predicted octanol–water partition coefficient (Wildman–Crippen LogP) is 4.88. The van der Waals surface area contributed by atoms with E-state index in [-0.39, 0.29) is 6.61 Å². The van der Waals surface area contributed by atoms with Crippen LogP contribution in [0.2, 0.25) is 0 Å². The molecule has 0 spiro atoms. The van der Waals surface area contributed by atoms with Crippen LogP contribution in [0.5, 0.6) is 5.75 Å². The third-order valence-corrected chi connectivity index (χ3v) is 4.60. The fourth-order valence-electron chi connectivity index (χ4n) is 1.89. The molecule has 0 aromatic heterocycles. The third-order valence-electron chi connectivity index (χ3n) is 3.00. The van der Waals surface area contributed by atoms with Crippen LogP contribution >= 0.6 is 45.2 Å². The maximum absolute atomic E-state index is 9.04. The molecule has 0 amide bonds. The highest BCUT2D eigenvalue weighted by molar-refractivity contribution is 14.1. The average Bonchev–Trinajstić information content (AvgIpc) is 2.58. The molecule has 4 nitrogen and oxygen atoms in total. The first-order valence-electron chi connectivity index (χ1n) is 7.01. The highest BCUT2D eigenvalue weighted by Crippen LogP contribution is 2.28. The molecule has 0 saturated carbocycles. The summed E-state index contributed by atoms with van der Waals surface area (Å²) < 4.78 is 7.64. The van der Waals surface area contributed by atoms with Crippen molar-refractivity contribution in [2.24, 2.45) is 5.16 Å². The molecule has 0 aliphatic rings. The molecule has 0 unspecified atom stereocenters. The first-order chi connectivity index (χ1) is 11.7. The molecule has 24 heavy (non-hydrogen) atoms. The van der Waals surface area contributed by atoms with Gasteiger partial charge in [0, 0.05) is 5.56 Å². The van der Waals surface area contributed by atoms with Gasteiger partial charge >= 0.3 is 0 Å². The Morgan fingerprint density at radius 2 is 1.92 bits per heavy atom. The third kappa shape index (κ3) is 5.21. The quantitative estimate of drug-likeness (QED) is 0.216. The summed E-state index contributed by atoms with van der Waals surface area (Å²) in [5.74, 6) is 0.845. The van der Waals surface area contributed by atoms with Gasteiger partial charge in [0.25, 0.3) is 0 Å². The molecule has 0 heterocycles. The zero-order valence-electron chi connectivity index (χ0n) is 12.7. The minimum absolute atomic E-state index is 0.259. The molecule has 0 aliphatic heterocycles. The van der Waals surface area contributed by atoms with Gasteiger partial charge in [-0.05, 0) is 68.9 Å². The maximum Gasteiger partial charge on any atom is 0.146 e. The van der Waals surface area contributed by atoms with Crippen LogP contribution in [-0.2, 0) is 11.4 Å². The zero-order valence-corrected chi connectivity index (χ0v) is 17.0. The normalized spacial score (nSPS) is 10.4. The largest absolute Gasteiger partial charge is 0.487 e. The van der Waals surface area contributed by atoms with Gasteiger partial charge in [-0.15, -0.1) is 0 Å². The second-order valence-electron chi connectivity index (χ2n) is 4.69. The topological polar surface area (TPSA) is 54.6 Å². The first-order valence-corrected chi connectivity index (χ1v) is 9.17. The summed E-state index contributed by atoms with van der Waals surface area (Å²) in [7, 11) is 0. The number of ether oxygens (including phenoxy) is 1. The molecule has 0 N–H and O–H groups in total. The first kappa shape index (κ1) is 18.7. The van der Waals surface area contributed by atoms with Crippen LogP contribution in [-0.4, -0.2) is 12.8 Å². The number of rotatable bonds is 7. The van der Waals surface area contributed by atoms with Gasteiger partial charge in [0.2, 0.25) is 0 Å². The lowest BCUT2D eigenvalue weighted by Crippen LogP contribution is -1.99. The van der Waals surface area contributed by atoms with E-state index in [1.54, 1.807) is 18.4 Å². The Kier molecular flexibility index (Phi) is 7.52. The van der Waals surface area contributed by atoms with Crippen molar-refractivity contribution in [3.05, 3.63) is 72.9 Å². The number of nitriles is 1. The number of halogens is 2. The van der Waals surface area contributed by atoms with Crippen molar-refractivity contribution in [3.63, 3.8) is 0 Å². The highest BCUT2D eigenvalue weighted by Gasteiger charge is 2.08. The van der Waals surface area contributed by atoms with Crippen LogP contribution in [0.15, 0.2) is 54.2 Å². The number of benzene rings is 2. The van der Waals surface area contributed by atoms with E-state index in [0.717, 1.165) is 24.0 Å². The van der Waals surface area contributed by atoms with Crippen LogP contribution in [0.1, 0.15) is 16.7 Å².